The number of nitrogens with one attached hydrogen (secondary N) is 2. The van der Waals surface area contributed by atoms with Crippen LogP contribution in [0.2, 0.25) is 0 Å². The molecule has 7 heteroatoms. The summed E-state index contributed by atoms with van der Waals surface area (Å²) in [5.41, 5.74) is 7.81. The molecule has 3 rings (SSSR count). The minimum absolute atomic E-state index is 0.0219. The van der Waals surface area contributed by atoms with Crippen molar-refractivity contribution in [2.75, 3.05) is 5.43 Å². The van der Waals surface area contributed by atoms with Gasteiger partial charge in [0, 0.05) is 10.9 Å². The van der Waals surface area contributed by atoms with Crippen molar-refractivity contribution < 1.29 is 22.4 Å². The van der Waals surface area contributed by atoms with Crippen molar-refractivity contribution in [2.45, 2.75) is 33.1 Å². The molecule has 0 fully saturated rings. The molecule has 0 aliphatic carbocycles. The fourth-order valence-corrected chi connectivity index (χ4v) is 2.98. The largest absolute Gasteiger partial charge is 0.464 e. The normalized spacial score (nSPS) is 11.2. The van der Waals surface area contributed by atoms with E-state index in [0.717, 1.165) is 28.6 Å². The van der Waals surface area contributed by atoms with Gasteiger partial charge < -0.3 is 4.42 Å². The van der Waals surface area contributed by atoms with Crippen molar-refractivity contribution in [3.05, 3.63) is 64.7 Å². The molecule has 27 heavy (non-hydrogen) atoms. The van der Waals surface area contributed by atoms with Crippen LogP contribution in [0, 0.1) is 24.4 Å². The van der Waals surface area contributed by atoms with Crippen LogP contribution in [-0.4, -0.2) is 5.91 Å². The Labute approximate surface area is 154 Å². The number of hydrazine groups is 1. The van der Waals surface area contributed by atoms with Crippen LogP contribution in [0.1, 0.15) is 36.5 Å². The van der Waals surface area contributed by atoms with Crippen LogP contribution in [0.25, 0.3) is 11.0 Å². The van der Waals surface area contributed by atoms with Gasteiger partial charge in [-0.05, 0) is 48.2 Å². The number of halogens is 3. The van der Waals surface area contributed by atoms with E-state index >= 15 is 0 Å². The van der Waals surface area contributed by atoms with E-state index in [2.05, 4.69) is 24.7 Å². The first-order valence-electron chi connectivity index (χ1n) is 8.47. The highest BCUT2D eigenvalue weighted by Crippen LogP contribution is 2.29. The Morgan fingerprint density at radius 3 is 2.59 bits per heavy atom. The molecule has 0 bridgehead atoms. The summed E-state index contributed by atoms with van der Waals surface area (Å²) in [7, 11) is 0. The molecule has 2 N–H and O–H groups in total. The maximum absolute atomic E-state index is 13.6. The Morgan fingerprint density at radius 1 is 1.15 bits per heavy atom. The van der Waals surface area contributed by atoms with Crippen LogP contribution in [0.15, 0.2) is 34.9 Å². The number of hydrogen-bond donors (Lipinski definition) is 2. The maximum Gasteiger partial charge on any atom is 0.242 e. The number of benzene rings is 2. The standard InChI is InChI=1S/C20H19F3N2O2/c1-10(2)13-8-14-12(9-27-17(14)6-11(13)3)7-18(26)25-24-16-5-4-15(21)19(22)20(16)23/h4-6,8-10,24H,7H2,1-3H3,(H,25,26). The van der Waals surface area contributed by atoms with Crippen LogP contribution in [0.5, 0.6) is 0 Å². The van der Waals surface area contributed by atoms with Gasteiger partial charge >= 0.3 is 0 Å². The Balaban J connectivity index is 1.75. The molecule has 1 aromatic heterocycles. The van der Waals surface area contributed by atoms with Crippen LogP contribution >= 0.6 is 0 Å². The highest BCUT2D eigenvalue weighted by Gasteiger charge is 2.16. The van der Waals surface area contributed by atoms with Gasteiger partial charge in [0.05, 0.1) is 18.4 Å². The van der Waals surface area contributed by atoms with Crippen molar-refractivity contribution in [3.8, 4) is 0 Å². The number of aryl methyl sites for hydroxylation is 1. The number of rotatable bonds is 5. The molecule has 2 aromatic carbocycles. The summed E-state index contributed by atoms with van der Waals surface area (Å²) in [6.45, 7) is 6.17. The number of anilines is 1. The van der Waals surface area contributed by atoms with Crippen molar-refractivity contribution >= 4 is 22.6 Å². The van der Waals surface area contributed by atoms with E-state index in [4.69, 9.17) is 4.42 Å². The molecule has 142 valence electrons. The van der Waals surface area contributed by atoms with Crippen molar-refractivity contribution in [3.63, 3.8) is 0 Å². The minimum Gasteiger partial charge on any atom is -0.464 e. The van der Waals surface area contributed by atoms with E-state index in [9.17, 15) is 18.0 Å². The van der Waals surface area contributed by atoms with Crippen LogP contribution in [-0.2, 0) is 11.2 Å². The zero-order chi connectivity index (χ0) is 19.7. The Hall–Kier alpha value is -2.96. The van der Waals surface area contributed by atoms with Gasteiger partial charge in [-0.25, -0.2) is 13.2 Å². The number of hydrogen-bond acceptors (Lipinski definition) is 3. The lowest BCUT2D eigenvalue weighted by Crippen LogP contribution is -2.31. The van der Waals surface area contributed by atoms with E-state index < -0.39 is 23.4 Å². The number of fused-ring (bicyclic) bond motifs is 1. The molecule has 3 aromatic rings. The fraction of sp³-hybridized carbons (Fsp3) is 0.250. The zero-order valence-electron chi connectivity index (χ0n) is 15.1. The first-order chi connectivity index (χ1) is 12.8. The van der Waals surface area contributed by atoms with Gasteiger partial charge in [0.15, 0.2) is 17.5 Å². The van der Waals surface area contributed by atoms with E-state index in [1.807, 2.05) is 19.1 Å². The van der Waals surface area contributed by atoms with Gasteiger partial charge in [0.25, 0.3) is 0 Å². The van der Waals surface area contributed by atoms with Crippen molar-refractivity contribution in [2.24, 2.45) is 0 Å². The summed E-state index contributed by atoms with van der Waals surface area (Å²) in [4.78, 5) is 12.2. The number of furan rings is 1. The topological polar surface area (TPSA) is 54.3 Å². The summed E-state index contributed by atoms with van der Waals surface area (Å²) < 4.78 is 45.3. The van der Waals surface area contributed by atoms with Gasteiger partial charge in [-0.2, -0.15) is 0 Å². The Kier molecular flexibility index (Phi) is 5.12. The van der Waals surface area contributed by atoms with Crippen LogP contribution in [0.3, 0.4) is 0 Å². The van der Waals surface area contributed by atoms with E-state index in [1.165, 1.54) is 6.26 Å². The molecule has 0 unspecified atom stereocenters. The lowest BCUT2D eigenvalue weighted by molar-refractivity contribution is -0.119. The smallest absolute Gasteiger partial charge is 0.242 e. The first kappa shape index (κ1) is 18.8. The molecule has 1 amide bonds. The van der Waals surface area contributed by atoms with Gasteiger partial charge in [0.2, 0.25) is 5.91 Å². The van der Waals surface area contributed by atoms with E-state index in [1.54, 1.807) is 0 Å². The second kappa shape index (κ2) is 7.34. The van der Waals surface area contributed by atoms with Gasteiger partial charge in [-0.3, -0.25) is 15.6 Å². The van der Waals surface area contributed by atoms with E-state index in [0.29, 0.717) is 17.1 Å². The predicted molar refractivity (Wildman–Crippen MR) is 96.8 cm³/mol. The average Bonchev–Trinajstić information content (AvgIpc) is 2.99. The van der Waals surface area contributed by atoms with E-state index in [-0.39, 0.29) is 12.1 Å². The Bertz CT molecular complexity index is 1010. The third-order valence-electron chi connectivity index (χ3n) is 4.39. The molecule has 0 spiro atoms. The molecule has 1 heterocycles. The lowest BCUT2D eigenvalue weighted by atomic mass is 9.95. The monoisotopic (exact) mass is 376 g/mol. The summed E-state index contributed by atoms with van der Waals surface area (Å²) in [5.74, 6) is -4.46. The minimum atomic E-state index is -1.60. The molecule has 0 radical (unpaired) electrons. The average molecular weight is 376 g/mol. The highest BCUT2D eigenvalue weighted by molar-refractivity contribution is 5.89. The Morgan fingerprint density at radius 2 is 1.89 bits per heavy atom. The number of carbonyl (C=O) groups excluding carboxylic acids is 1. The predicted octanol–water partition coefficient (Wildman–Crippen LogP) is 4.97. The molecule has 0 atom stereocenters. The van der Waals surface area contributed by atoms with Gasteiger partial charge in [-0.1, -0.05) is 13.8 Å². The lowest BCUT2D eigenvalue weighted by Gasteiger charge is -2.11. The van der Waals surface area contributed by atoms with Crippen molar-refractivity contribution in [1.29, 1.82) is 0 Å². The van der Waals surface area contributed by atoms with Crippen molar-refractivity contribution in [1.82, 2.24) is 5.43 Å². The molecule has 0 aliphatic heterocycles. The van der Waals surface area contributed by atoms with Gasteiger partial charge in [0.1, 0.15) is 5.58 Å². The highest BCUT2D eigenvalue weighted by atomic mass is 19.2. The summed E-state index contributed by atoms with van der Waals surface area (Å²) in [5, 5.41) is 0.832. The second-order valence-electron chi connectivity index (χ2n) is 6.69. The zero-order valence-corrected chi connectivity index (χ0v) is 15.1. The first-order valence-corrected chi connectivity index (χ1v) is 8.47. The molecular weight excluding hydrogens is 357 g/mol. The second-order valence-corrected chi connectivity index (χ2v) is 6.69. The molecular formula is C20H19F3N2O2. The summed E-state index contributed by atoms with van der Waals surface area (Å²) >= 11 is 0. The number of amides is 1. The third-order valence-corrected chi connectivity index (χ3v) is 4.39. The molecule has 4 nitrogen and oxygen atoms in total. The number of carbonyl (C=O) groups is 1. The molecule has 0 aliphatic rings. The fourth-order valence-electron chi connectivity index (χ4n) is 2.98. The SMILES string of the molecule is Cc1cc2occ(CC(=O)NNc3ccc(F)c(F)c3F)c2cc1C(C)C. The van der Waals surface area contributed by atoms with Gasteiger partial charge in [-0.15, -0.1) is 0 Å². The van der Waals surface area contributed by atoms with Crippen LogP contribution < -0.4 is 10.9 Å². The van der Waals surface area contributed by atoms with Crippen LogP contribution in [0.4, 0.5) is 18.9 Å². The quantitative estimate of drug-likeness (QED) is 0.488. The summed E-state index contributed by atoms with van der Waals surface area (Å²) in [6, 6.07) is 5.70. The third kappa shape index (κ3) is 3.77. The summed E-state index contributed by atoms with van der Waals surface area (Å²) in [6.07, 6.45) is 1.48. The molecule has 0 saturated carbocycles. The molecule has 0 saturated heterocycles. The maximum atomic E-state index is 13.6.